The molecule has 0 N–H and O–H groups in total. The second-order valence-electron chi connectivity index (χ2n) is 7.01. The van der Waals surface area contributed by atoms with Gasteiger partial charge in [-0.25, -0.2) is 0 Å². The van der Waals surface area contributed by atoms with E-state index >= 15 is 0 Å². The van der Waals surface area contributed by atoms with E-state index in [1.807, 2.05) is 30.3 Å². The zero-order valence-corrected chi connectivity index (χ0v) is 16.1. The van der Waals surface area contributed by atoms with Gasteiger partial charge in [0.15, 0.2) is 0 Å². The molecule has 3 heterocycles. The summed E-state index contributed by atoms with van der Waals surface area (Å²) in [5, 5.41) is 8.28. The monoisotopic (exact) mass is 391 g/mol. The van der Waals surface area contributed by atoms with Gasteiger partial charge >= 0.3 is 0 Å². The van der Waals surface area contributed by atoms with E-state index in [9.17, 15) is 8.42 Å². The Kier molecular flexibility index (Phi) is 5.53. The number of hydrogen-bond donors (Lipinski definition) is 0. The molecule has 0 aliphatic carbocycles. The first-order valence-corrected chi connectivity index (χ1v) is 10.9. The smallest absolute Gasteiger partial charge is 0.282 e. The molecule has 0 saturated carbocycles. The topological polar surface area (TPSA) is 82.8 Å². The van der Waals surface area contributed by atoms with E-state index in [0.29, 0.717) is 51.0 Å². The Morgan fingerprint density at radius 1 is 0.852 bits per heavy atom. The fourth-order valence-electron chi connectivity index (χ4n) is 3.62. The molecular weight excluding hydrogens is 366 g/mol. The fraction of sp³-hybridized carbons (Fsp3) is 0.556. The maximum Gasteiger partial charge on any atom is 0.282 e. The SMILES string of the molecule is O=S(=O)(N1CCCC1)N1CCCN(Cc2nnc(-c3ccccc3)o2)CC1. The number of benzene rings is 1. The van der Waals surface area contributed by atoms with Crippen molar-refractivity contribution in [3.05, 3.63) is 36.2 Å². The quantitative estimate of drug-likeness (QED) is 0.770. The van der Waals surface area contributed by atoms with E-state index in [1.165, 1.54) is 0 Å². The molecule has 2 fully saturated rings. The van der Waals surface area contributed by atoms with Gasteiger partial charge in [0.25, 0.3) is 10.2 Å². The molecule has 2 saturated heterocycles. The lowest BCUT2D eigenvalue weighted by atomic mass is 10.2. The first-order valence-electron chi connectivity index (χ1n) is 9.48. The summed E-state index contributed by atoms with van der Waals surface area (Å²) in [6.07, 6.45) is 2.72. The van der Waals surface area contributed by atoms with Crippen LogP contribution in [0.3, 0.4) is 0 Å². The maximum atomic E-state index is 12.8. The van der Waals surface area contributed by atoms with Crippen molar-refractivity contribution in [1.82, 2.24) is 23.7 Å². The Hall–Kier alpha value is -1.81. The van der Waals surface area contributed by atoms with Gasteiger partial charge in [0.2, 0.25) is 11.8 Å². The van der Waals surface area contributed by atoms with Crippen LogP contribution in [0.25, 0.3) is 11.5 Å². The molecule has 1 aromatic heterocycles. The summed E-state index contributed by atoms with van der Waals surface area (Å²) in [6.45, 7) is 4.37. The molecular formula is C18H25N5O3S. The Balaban J connectivity index is 1.37. The van der Waals surface area contributed by atoms with Crippen molar-refractivity contribution < 1.29 is 12.8 Å². The summed E-state index contributed by atoms with van der Waals surface area (Å²) in [5.41, 5.74) is 0.898. The zero-order chi connectivity index (χ0) is 18.7. The van der Waals surface area contributed by atoms with Crippen LogP contribution in [0.1, 0.15) is 25.2 Å². The molecule has 2 aliphatic rings. The Labute approximate surface area is 160 Å². The summed E-state index contributed by atoms with van der Waals surface area (Å²) in [5.74, 6) is 1.07. The number of aromatic nitrogens is 2. The maximum absolute atomic E-state index is 12.8. The van der Waals surface area contributed by atoms with Crippen LogP contribution in [0.4, 0.5) is 0 Å². The van der Waals surface area contributed by atoms with Crippen LogP contribution >= 0.6 is 0 Å². The van der Waals surface area contributed by atoms with Crippen LogP contribution in [-0.2, 0) is 16.8 Å². The zero-order valence-electron chi connectivity index (χ0n) is 15.3. The molecule has 27 heavy (non-hydrogen) atoms. The van der Waals surface area contributed by atoms with Crippen LogP contribution in [0, 0.1) is 0 Å². The van der Waals surface area contributed by atoms with Gasteiger partial charge in [-0.2, -0.15) is 17.0 Å². The highest BCUT2D eigenvalue weighted by Gasteiger charge is 2.32. The Morgan fingerprint density at radius 3 is 2.33 bits per heavy atom. The minimum absolute atomic E-state index is 0.499. The molecule has 4 rings (SSSR count). The average Bonchev–Trinajstić information content (AvgIpc) is 3.32. The standard InChI is InChI=1S/C18H25N5O3S/c24-27(25,22-10-4-5-11-22)23-12-6-9-21(13-14-23)15-17-19-20-18(26-17)16-7-2-1-3-8-16/h1-3,7-8H,4-6,9-15H2. The van der Waals surface area contributed by atoms with Crippen LogP contribution in [0.2, 0.25) is 0 Å². The van der Waals surface area contributed by atoms with Gasteiger partial charge in [0, 0.05) is 38.3 Å². The van der Waals surface area contributed by atoms with Crippen molar-refractivity contribution >= 4 is 10.2 Å². The summed E-state index contributed by atoms with van der Waals surface area (Å²) >= 11 is 0. The van der Waals surface area contributed by atoms with E-state index in [2.05, 4.69) is 15.1 Å². The van der Waals surface area contributed by atoms with E-state index in [0.717, 1.165) is 31.4 Å². The van der Waals surface area contributed by atoms with Gasteiger partial charge in [-0.3, -0.25) is 4.90 Å². The lowest BCUT2D eigenvalue weighted by Crippen LogP contribution is -2.44. The molecule has 0 radical (unpaired) electrons. The molecule has 1 aromatic carbocycles. The Bertz CT molecular complexity index is 849. The minimum atomic E-state index is -3.32. The molecule has 8 nitrogen and oxygen atoms in total. The second-order valence-corrected chi connectivity index (χ2v) is 8.94. The van der Waals surface area contributed by atoms with E-state index in [1.54, 1.807) is 8.61 Å². The summed E-state index contributed by atoms with van der Waals surface area (Å²) in [4.78, 5) is 2.18. The average molecular weight is 391 g/mol. The van der Waals surface area contributed by atoms with Crippen LogP contribution < -0.4 is 0 Å². The lowest BCUT2D eigenvalue weighted by Gasteiger charge is -2.26. The third kappa shape index (κ3) is 4.21. The summed E-state index contributed by atoms with van der Waals surface area (Å²) in [7, 11) is -3.32. The largest absolute Gasteiger partial charge is 0.419 e. The van der Waals surface area contributed by atoms with Crippen molar-refractivity contribution in [2.75, 3.05) is 39.3 Å². The lowest BCUT2D eigenvalue weighted by molar-refractivity contribution is 0.250. The second kappa shape index (κ2) is 8.05. The van der Waals surface area contributed by atoms with Gasteiger partial charge in [0.05, 0.1) is 6.54 Å². The van der Waals surface area contributed by atoms with Crippen LogP contribution in [0.5, 0.6) is 0 Å². The van der Waals surface area contributed by atoms with Crippen molar-refractivity contribution in [3.8, 4) is 11.5 Å². The highest BCUT2D eigenvalue weighted by atomic mass is 32.2. The predicted octanol–water partition coefficient (Wildman–Crippen LogP) is 1.58. The van der Waals surface area contributed by atoms with E-state index in [-0.39, 0.29) is 0 Å². The van der Waals surface area contributed by atoms with E-state index < -0.39 is 10.2 Å². The summed E-state index contributed by atoms with van der Waals surface area (Å²) in [6, 6.07) is 9.68. The molecule has 146 valence electrons. The van der Waals surface area contributed by atoms with Crippen molar-refractivity contribution in [1.29, 1.82) is 0 Å². The molecule has 0 spiro atoms. The molecule has 0 bridgehead atoms. The normalized spacial score (nSPS) is 20.7. The minimum Gasteiger partial charge on any atom is -0.419 e. The first-order chi connectivity index (χ1) is 13.1. The van der Waals surface area contributed by atoms with Crippen LogP contribution in [-0.4, -0.2) is 71.4 Å². The van der Waals surface area contributed by atoms with Gasteiger partial charge in [-0.1, -0.05) is 18.2 Å². The first kappa shape index (κ1) is 18.5. The molecule has 2 aromatic rings. The highest BCUT2D eigenvalue weighted by molar-refractivity contribution is 7.86. The highest BCUT2D eigenvalue weighted by Crippen LogP contribution is 2.20. The number of hydrogen-bond acceptors (Lipinski definition) is 6. The van der Waals surface area contributed by atoms with Crippen molar-refractivity contribution in [2.45, 2.75) is 25.8 Å². The van der Waals surface area contributed by atoms with Gasteiger partial charge in [-0.15, -0.1) is 10.2 Å². The number of nitrogens with zero attached hydrogens (tertiary/aromatic N) is 5. The number of rotatable bonds is 5. The molecule has 9 heteroatoms. The van der Waals surface area contributed by atoms with Gasteiger partial charge in [0.1, 0.15) is 0 Å². The Morgan fingerprint density at radius 2 is 1.56 bits per heavy atom. The van der Waals surface area contributed by atoms with Gasteiger partial charge < -0.3 is 4.42 Å². The third-order valence-electron chi connectivity index (χ3n) is 5.11. The molecule has 0 unspecified atom stereocenters. The van der Waals surface area contributed by atoms with Crippen molar-refractivity contribution in [3.63, 3.8) is 0 Å². The fourth-order valence-corrected chi connectivity index (χ4v) is 5.34. The van der Waals surface area contributed by atoms with Crippen molar-refractivity contribution in [2.24, 2.45) is 0 Å². The molecule has 0 amide bonds. The molecule has 2 aliphatic heterocycles. The summed E-state index contributed by atoms with van der Waals surface area (Å²) < 4.78 is 34.5. The van der Waals surface area contributed by atoms with Gasteiger partial charge in [-0.05, 0) is 37.9 Å². The third-order valence-corrected chi connectivity index (χ3v) is 7.15. The molecule has 0 atom stereocenters. The van der Waals surface area contributed by atoms with E-state index in [4.69, 9.17) is 4.42 Å². The predicted molar refractivity (Wildman–Crippen MR) is 101 cm³/mol. The van der Waals surface area contributed by atoms with Crippen LogP contribution in [0.15, 0.2) is 34.7 Å².